The molecule has 7 nitrogen and oxygen atoms in total. The fraction of sp³-hybridized carbons (Fsp3) is 0.241. The van der Waals surface area contributed by atoms with Crippen LogP contribution in [0.5, 0.6) is 5.75 Å². The molecule has 5 rings (SSSR count). The van der Waals surface area contributed by atoms with Gasteiger partial charge in [0.1, 0.15) is 12.3 Å². The molecule has 0 unspecified atom stereocenters. The summed E-state index contributed by atoms with van der Waals surface area (Å²) in [4.78, 5) is 29.1. The highest BCUT2D eigenvalue weighted by atomic mass is 16.5. The third-order valence-corrected chi connectivity index (χ3v) is 6.97. The van der Waals surface area contributed by atoms with E-state index >= 15 is 0 Å². The average Bonchev–Trinajstić information content (AvgIpc) is 2.90. The summed E-state index contributed by atoms with van der Waals surface area (Å²) in [5.41, 5.74) is 3.88. The molecular formula is C29H29N3O4. The number of fused-ring (bicyclic) bond motifs is 1. The van der Waals surface area contributed by atoms with Gasteiger partial charge in [-0.2, -0.15) is 0 Å². The van der Waals surface area contributed by atoms with E-state index in [0.29, 0.717) is 18.0 Å². The van der Waals surface area contributed by atoms with E-state index in [-0.39, 0.29) is 43.1 Å². The molecule has 0 bridgehead atoms. The van der Waals surface area contributed by atoms with Crippen LogP contribution in [-0.4, -0.2) is 65.7 Å². The molecule has 0 spiro atoms. The van der Waals surface area contributed by atoms with E-state index in [2.05, 4.69) is 41.7 Å². The van der Waals surface area contributed by atoms with Gasteiger partial charge >= 0.3 is 6.03 Å². The first kappa shape index (κ1) is 23.6. The molecule has 36 heavy (non-hydrogen) atoms. The monoisotopic (exact) mass is 483 g/mol. The lowest BCUT2D eigenvalue weighted by Gasteiger charge is -2.58. The van der Waals surface area contributed by atoms with Crippen LogP contribution in [0.3, 0.4) is 0 Å². The number of anilines is 1. The maximum absolute atomic E-state index is 12.9. The van der Waals surface area contributed by atoms with Gasteiger partial charge in [0, 0.05) is 18.2 Å². The normalized spacial score (nSPS) is 21.2. The second-order valence-corrected chi connectivity index (χ2v) is 9.09. The van der Waals surface area contributed by atoms with Gasteiger partial charge in [-0.1, -0.05) is 66.7 Å². The third-order valence-electron chi connectivity index (χ3n) is 6.97. The predicted octanol–water partition coefficient (Wildman–Crippen LogP) is 4.07. The minimum atomic E-state index is -0.319. The molecule has 2 heterocycles. The lowest BCUT2D eigenvalue weighted by Crippen LogP contribution is -2.73. The quantitative estimate of drug-likeness (QED) is 0.518. The first-order chi connectivity index (χ1) is 17.6. The highest BCUT2D eigenvalue weighted by Gasteiger charge is 2.54. The molecule has 0 aliphatic carbocycles. The number of aliphatic hydroxyl groups excluding tert-OH is 1. The SMILES string of the molecule is COc1ccc(NC(=O)N2CC(=O)N3[C@H](CO)[C@H](c4ccc(/C=C/c5ccccc5)cc4)[C@@H]3C2)cc1. The van der Waals surface area contributed by atoms with Crippen molar-refractivity contribution in [3.63, 3.8) is 0 Å². The Bertz CT molecular complexity index is 1240. The van der Waals surface area contributed by atoms with Crippen LogP contribution in [0, 0.1) is 0 Å². The second kappa shape index (κ2) is 10.3. The number of piperazine rings is 1. The van der Waals surface area contributed by atoms with Gasteiger partial charge in [0.15, 0.2) is 0 Å². The van der Waals surface area contributed by atoms with Crippen LogP contribution in [-0.2, 0) is 4.79 Å². The molecule has 3 aromatic carbocycles. The van der Waals surface area contributed by atoms with Gasteiger partial charge in [-0.25, -0.2) is 4.79 Å². The molecule has 0 radical (unpaired) electrons. The lowest BCUT2D eigenvalue weighted by molar-refractivity contribution is -0.159. The van der Waals surface area contributed by atoms with E-state index < -0.39 is 0 Å². The van der Waals surface area contributed by atoms with Crippen molar-refractivity contribution in [3.05, 3.63) is 95.6 Å². The number of carbonyl (C=O) groups excluding carboxylic acids is 2. The Labute approximate surface area is 210 Å². The van der Waals surface area contributed by atoms with Crippen LogP contribution in [0.25, 0.3) is 12.2 Å². The summed E-state index contributed by atoms with van der Waals surface area (Å²) >= 11 is 0. The van der Waals surface area contributed by atoms with Gasteiger partial charge in [0.25, 0.3) is 0 Å². The van der Waals surface area contributed by atoms with Crippen LogP contribution < -0.4 is 10.1 Å². The number of methoxy groups -OCH3 is 1. The molecular weight excluding hydrogens is 454 g/mol. The number of nitrogens with one attached hydrogen (secondary N) is 1. The number of urea groups is 1. The van der Waals surface area contributed by atoms with E-state index in [1.165, 1.54) is 0 Å². The van der Waals surface area contributed by atoms with Crippen molar-refractivity contribution in [2.75, 3.05) is 32.1 Å². The molecule has 3 aromatic rings. The summed E-state index contributed by atoms with van der Waals surface area (Å²) in [5.74, 6) is 0.516. The van der Waals surface area contributed by atoms with Crippen molar-refractivity contribution in [2.45, 2.75) is 18.0 Å². The van der Waals surface area contributed by atoms with Crippen molar-refractivity contribution in [2.24, 2.45) is 0 Å². The van der Waals surface area contributed by atoms with Crippen LogP contribution in [0.4, 0.5) is 10.5 Å². The zero-order chi connectivity index (χ0) is 25.1. The molecule has 2 aliphatic rings. The summed E-state index contributed by atoms with van der Waals surface area (Å²) in [7, 11) is 1.59. The zero-order valence-corrected chi connectivity index (χ0v) is 20.1. The van der Waals surface area contributed by atoms with Crippen LogP contribution in [0.2, 0.25) is 0 Å². The van der Waals surface area contributed by atoms with Gasteiger partial charge in [0.2, 0.25) is 5.91 Å². The minimum absolute atomic E-state index is 0.00900. The van der Waals surface area contributed by atoms with Gasteiger partial charge in [0.05, 0.1) is 25.8 Å². The maximum atomic E-state index is 12.9. The smallest absolute Gasteiger partial charge is 0.322 e. The average molecular weight is 484 g/mol. The zero-order valence-electron chi connectivity index (χ0n) is 20.1. The van der Waals surface area contributed by atoms with E-state index in [4.69, 9.17) is 4.74 Å². The Morgan fingerprint density at radius 3 is 2.31 bits per heavy atom. The van der Waals surface area contributed by atoms with Gasteiger partial charge in [-0.05, 0) is 41.0 Å². The van der Waals surface area contributed by atoms with Crippen molar-refractivity contribution in [3.8, 4) is 5.75 Å². The number of aliphatic hydroxyl groups is 1. The van der Waals surface area contributed by atoms with Crippen molar-refractivity contribution in [1.82, 2.24) is 9.80 Å². The molecule has 7 heteroatoms. The Morgan fingerprint density at radius 1 is 1.00 bits per heavy atom. The largest absolute Gasteiger partial charge is 0.497 e. The Kier molecular flexibility index (Phi) is 6.73. The highest BCUT2D eigenvalue weighted by Crippen LogP contribution is 2.43. The summed E-state index contributed by atoms with van der Waals surface area (Å²) in [5, 5.41) is 12.9. The van der Waals surface area contributed by atoms with Gasteiger partial charge in [-0.15, -0.1) is 0 Å². The Balaban J connectivity index is 1.28. The number of nitrogens with zero attached hydrogens (tertiary/aromatic N) is 2. The van der Waals surface area contributed by atoms with E-state index in [0.717, 1.165) is 16.7 Å². The predicted molar refractivity (Wildman–Crippen MR) is 140 cm³/mol. The fourth-order valence-corrected chi connectivity index (χ4v) is 5.12. The van der Waals surface area contributed by atoms with E-state index in [1.807, 2.05) is 30.3 Å². The molecule has 2 aliphatic heterocycles. The number of ether oxygens (including phenoxy) is 1. The number of rotatable bonds is 6. The van der Waals surface area contributed by atoms with Crippen molar-refractivity contribution in [1.29, 1.82) is 0 Å². The maximum Gasteiger partial charge on any atom is 0.322 e. The fourth-order valence-electron chi connectivity index (χ4n) is 5.12. The number of carbonyl (C=O) groups is 2. The molecule has 0 saturated carbocycles. The molecule has 3 amide bonds. The van der Waals surface area contributed by atoms with Gasteiger partial charge in [-0.3, -0.25) is 4.79 Å². The lowest BCUT2D eigenvalue weighted by atomic mass is 9.73. The van der Waals surface area contributed by atoms with E-state index in [9.17, 15) is 14.7 Å². The van der Waals surface area contributed by atoms with Crippen molar-refractivity contribution < 1.29 is 19.4 Å². The summed E-state index contributed by atoms with van der Waals surface area (Å²) < 4.78 is 5.16. The number of amides is 3. The number of benzene rings is 3. The van der Waals surface area contributed by atoms with Crippen LogP contribution in [0.15, 0.2) is 78.9 Å². The van der Waals surface area contributed by atoms with Crippen LogP contribution >= 0.6 is 0 Å². The summed E-state index contributed by atoms with van der Waals surface area (Å²) in [6, 6.07) is 24.6. The first-order valence-corrected chi connectivity index (χ1v) is 12.0. The number of hydrogen-bond donors (Lipinski definition) is 2. The standard InChI is InChI=1S/C29H29N3O4/c1-36-24-15-13-23(14-16-24)30-29(35)31-17-25-28(26(19-33)32(25)27(34)18-31)22-11-9-21(10-12-22)8-7-20-5-3-2-4-6-20/h2-16,25-26,28,33H,17-19H2,1H3,(H,30,35)/b8-7+/t25-,26+,28+/m0/s1. The molecule has 184 valence electrons. The Morgan fingerprint density at radius 2 is 1.67 bits per heavy atom. The van der Waals surface area contributed by atoms with Gasteiger partial charge < -0.3 is 25.0 Å². The van der Waals surface area contributed by atoms with Crippen LogP contribution in [0.1, 0.15) is 22.6 Å². The molecule has 2 saturated heterocycles. The molecule has 2 N–H and O–H groups in total. The molecule has 0 aromatic heterocycles. The third kappa shape index (κ3) is 4.70. The Hall–Kier alpha value is -4.10. The summed E-state index contributed by atoms with van der Waals surface area (Å²) in [6.45, 7) is 0.288. The van der Waals surface area contributed by atoms with Crippen molar-refractivity contribution >= 4 is 29.8 Å². The topological polar surface area (TPSA) is 82.1 Å². The molecule has 2 fully saturated rings. The van der Waals surface area contributed by atoms with E-state index in [1.54, 1.807) is 41.2 Å². The highest BCUT2D eigenvalue weighted by molar-refractivity contribution is 5.93. The minimum Gasteiger partial charge on any atom is -0.497 e. The summed E-state index contributed by atoms with van der Waals surface area (Å²) in [6.07, 6.45) is 4.13. The second-order valence-electron chi connectivity index (χ2n) is 9.09. The number of hydrogen-bond acceptors (Lipinski definition) is 4. The first-order valence-electron chi connectivity index (χ1n) is 12.0. The molecule has 3 atom stereocenters.